The molecule has 2 aliphatic heterocycles. The van der Waals surface area contributed by atoms with E-state index in [1.165, 1.54) is 0 Å². The minimum absolute atomic E-state index is 0.0169. The molecule has 5 nitrogen and oxygen atoms in total. The molecule has 0 fully saturated rings. The van der Waals surface area contributed by atoms with E-state index in [0.717, 1.165) is 55.5 Å². The van der Waals surface area contributed by atoms with Gasteiger partial charge < -0.3 is 10.4 Å². The first-order chi connectivity index (χ1) is 20.1. The molecule has 7 rings (SSSR count). The molecule has 0 atom stereocenters. The third-order valence-corrected chi connectivity index (χ3v) is 8.78. The van der Waals surface area contributed by atoms with Crippen molar-refractivity contribution in [3.05, 3.63) is 119 Å². The SMILES string of the molecule is CC.CC1(C)C(/C=C2\C(=O)C(=O)C(/C=C3\Nc4ccc5ccccc5c4C3(C)C)=C2O)=[NH+]c2ccc3ccccc3c21. The molecule has 4 aromatic carbocycles. The second-order valence-corrected chi connectivity index (χ2v) is 11.9. The van der Waals surface area contributed by atoms with Crippen LogP contribution in [0.15, 0.2) is 108 Å². The summed E-state index contributed by atoms with van der Waals surface area (Å²) in [6.45, 7) is 12.3. The number of rotatable bonds is 2. The van der Waals surface area contributed by atoms with E-state index in [1.807, 2.05) is 50.2 Å². The molecule has 0 spiro atoms. The molecule has 3 N–H and O–H groups in total. The highest BCUT2D eigenvalue weighted by molar-refractivity contribution is 6.54. The molecule has 0 bridgehead atoms. The molecule has 0 amide bonds. The van der Waals surface area contributed by atoms with E-state index in [9.17, 15) is 14.7 Å². The highest BCUT2D eigenvalue weighted by Crippen LogP contribution is 2.47. The number of aliphatic hydroxyl groups is 1. The van der Waals surface area contributed by atoms with Crippen LogP contribution in [0, 0.1) is 0 Å². The summed E-state index contributed by atoms with van der Waals surface area (Å²) >= 11 is 0. The molecule has 0 saturated heterocycles. The Bertz CT molecular complexity index is 1970. The predicted octanol–water partition coefficient (Wildman–Crippen LogP) is 6.64. The standard InChI is InChI=1S/C35H28N2O3.C2H6/c1-34(2)27(36-25-15-13-19-9-5-7-11-21(19)29(25)34)17-23-31(38)24(33(40)32(23)39)18-28-35(3,4)30-22-12-8-6-10-20(22)14-16-26(30)37-28;1-2/h5-18,36,38H,1-4H3;1-2H3/p+1/b24-18-,27-17-;. The molecule has 0 aromatic heterocycles. The Labute approximate surface area is 246 Å². The van der Waals surface area contributed by atoms with Crippen LogP contribution in [0.1, 0.15) is 52.7 Å². The van der Waals surface area contributed by atoms with E-state index in [-0.39, 0.29) is 16.9 Å². The van der Waals surface area contributed by atoms with Gasteiger partial charge in [0.15, 0.2) is 5.71 Å². The van der Waals surface area contributed by atoms with E-state index < -0.39 is 22.4 Å². The van der Waals surface area contributed by atoms with Crippen molar-refractivity contribution in [1.29, 1.82) is 0 Å². The molecule has 2 heterocycles. The molecule has 0 unspecified atom stereocenters. The fraction of sp³-hybridized carbons (Fsp3) is 0.216. The second kappa shape index (κ2) is 9.66. The Balaban J connectivity index is 0.00000155. The maximum Gasteiger partial charge on any atom is 0.237 e. The molecule has 0 saturated carbocycles. The Kier molecular flexibility index (Phi) is 6.30. The van der Waals surface area contributed by atoms with Crippen molar-refractivity contribution in [2.45, 2.75) is 52.4 Å². The third-order valence-electron chi connectivity index (χ3n) is 8.78. The van der Waals surface area contributed by atoms with E-state index in [0.29, 0.717) is 0 Å². The average molecular weight is 556 g/mol. The molecule has 210 valence electrons. The Morgan fingerprint density at radius 2 is 1.31 bits per heavy atom. The van der Waals surface area contributed by atoms with Crippen molar-refractivity contribution >= 4 is 50.2 Å². The lowest BCUT2D eigenvalue weighted by Gasteiger charge is -2.22. The topological polar surface area (TPSA) is 80.4 Å². The van der Waals surface area contributed by atoms with Crippen LogP contribution in [0.25, 0.3) is 21.5 Å². The summed E-state index contributed by atoms with van der Waals surface area (Å²) in [6.07, 6.45) is 3.29. The molecule has 0 radical (unpaired) electrons. The van der Waals surface area contributed by atoms with E-state index in [1.54, 1.807) is 12.2 Å². The number of fused-ring (bicyclic) bond motifs is 6. The highest BCUT2D eigenvalue weighted by Gasteiger charge is 2.45. The van der Waals surface area contributed by atoms with Crippen molar-refractivity contribution in [3.63, 3.8) is 0 Å². The Morgan fingerprint density at radius 3 is 1.98 bits per heavy atom. The molecule has 1 aliphatic carbocycles. The molecule has 3 aliphatic rings. The first-order valence-electron chi connectivity index (χ1n) is 14.5. The first kappa shape index (κ1) is 27.4. The molecular formula is C37H35N2O3+. The van der Waals surface area contributed by atoms with Crippen LogP contribution in [-0.2, 0) is 20.4 Å². The van der Waals surface area contributed by atoms with Crippen LogP contribution < -0.4 is 10.3 Å². The lowest BCUT2D eigenvalue weighted by atomic mass is 9.78. The monoisotopic (exact) mass is 555 g/mol. The van der Waals surface area contributed by atoms with Gasteiger partial charge in [-0.1, -0.05) is 82.3 Å². The minimum Gasteiger partial charge on any atom is -0.506 e. The fourth-order valence-corrected chi connectivity index (χ4v) is 6.56. The summed E-state index contributed by atoms with van der Waals surface area (Å²) in [4.78, 5) is 29.9. The van der Waals surface area contributed by atoms with E-state index >= 15 is 0 Å². The van der Waals surface area contributed by atoms with Crippen molar-refractivity contribution in [3.8, 4) is 0 Å². The van der Waals surface area contributed by atoms with Gasteiger partial charge in [0.1, 0.15) is 5.76 Å². The van der Waals surface area contributed by atoms with Crippen LogP contribution in [0.3, 0.4) is 0 Å². The summed E-state index contributed by atoms with van der Waals surface area (Å²) in [5, 5.41) is 19.3. The van der Waals surface area contributed by atoms with Gasteiger partial charge in [-0.25, -0.2) is 4.99 Å². The molecule has 42 heavy (non-hydrogen) atoms. The van der Waals surface area contributed by atoms with Gasteiger partial charge in [-0.3, -0.25) is 9.59 Å². The van der Waals surface area contributed by atoms with Crippen LogP contribution in [0.2, 0.25) is 0 Å². The maximum atomic E-state index is 13.2. The normalized spacial score (nSPS) is 20.1. The number of allylic oxidation sites excluding steroid dienone is 5. The van der Waals surface area contributed by atoms with Crippen molar-refractivity contribution < 1.29 is 19.7 Å². The number of benzene rings is 4. The number of anilines is 1. The Hall–Kier alpha value is -4.77. The predicted molar refractivity (Wildman–Crippen MR) is 170 cm³/mol. The van der Waals surface area contributed by atoms with Gasteiger partial charge in [-0.2, -0.15) is 0 Å². The van der Waals surface area contributed by atoms with Gasteiger partial charge >= 0.3 is 0 Å². The summed E-state index contributed by atoms with van der Waals surface area (Å²) < 4.78 is 0. The Morgan fingerprint density at radius 1 is 0.714 bits per heavy atom. The summed E-state index contributed by atoms with van der Waals surface area (Å²) in [5.74, 6) is -1.69. The summed E-state index contributed by atoms with van der Waals surface area (Å²) in [6, 6.07) is 24.6. The van der Waals surface area contributed by atoms with Gasteiger partial charge in [0.05, 0.1) is 16.6 Å². The number of Topliss-reactive ketones (excluding diaryl/α,β-unsaturated/α-hetero) is 2. The quantitative estimate of drug-likeness (QED) is 0.191. The number of nitrogens with one attached hydrogen (secondary N) is 2. The number of hydrogen-bond donors (Lipinski definition) is 3. The van der Waals surface area contributed by atoms with Crippen molar-refractivity contribution in [1.82, 2.24) is 0 Å². The number of aliphatic hydroxyl groups excluding tert-OH is 1. The largest absolute Gasteiger partial charge is 0.506 e. The minimum atomic E-state index is -0.700. The number of hydrogen-bond acceptors (Lipinski definition) is 4. The fourth-order valence-electron chi connectivity index (χ4n) is 6.56. The lowest BCUT2D eigenvalue weighted by Crippen LogP contribution is -2.65. The van der Waals surface area contributed by atoms with Crippen LogP contribution in [0.4, 0.5) is 11.4 Å². The maximum absolute atomic E-state index is 13.2. The summed E-state index contributed by atoms with van der Waals surface area (Å²) in [5.41, 5.74) is 4.79. The lowest BCUT2D eigenvalue weighted by molar-refractivity contribution is -0.349. The number of carbonyl (C=O) groups is 2. The molecular weight excluding hydrogens is 520 g/mol. The van der Waals surface area contributed by atoms with Crippen LogP contribution >= 0.6 is 0 Å². The highest BCUT2D eigenvalue weighted by atomic mass is 16.3. The van der Waals surface area contributed by atoms with E-state index in [2.05, 4.69) is 74.4 Å². The van der Waals surface area contributed by atoms with E-state index in [4.69, 9.17) is 0 Å². The second-order valence-electron chi connectivity index (χ2n) is 11.9. The van der Waals surface area contributed by atoms with Gasteiger partial charge in [-0.15, -0.1) is 0 Å². The van der Waals surface area contributed by atoms with Crippen molar-refractivity contribution in [2.24, 2.45) is 0 Å². The first-order valence-corrected chi connectivity index (χ1v) is 14.5. The third kappa shape index (κ3) is 3.87. The van der Waals surface area contributed by atoms with Crippen LogP contribution in [0.5, 0.6) is 0 Å². The number of ketones is 2. The smallest absolute Gasteiger partial charge is 0.237 e. The zero-order valence-electron chi connectivity index (χ0n) is 24.8. The van der Waals surface area contributed by atoms with Crippen molar-refractivity contribution in [2.75, 3.05) is 5.32 Å². The van der Waals surface area contributed by atoms with Crippen LogP contribution in [-0.4, -0.2) is 22.4 Å². The van der Waals surface area contributed by atoms with Gasteiger partial charge in [0, 0.05) is 34.5 Å². The molecule has 4 aromatic rings. The van der Waals surface area contributed by atoms with Gasteiger partial charge in [-0.05, 0) is 59.2 Å². The average Bonchev–Trinajstić information content (AvgIpc) is 3.49. The summed E-state index contributed by atoms with van der Waals surface area (Å²) in [7, 11) is 0. The van der Waals surface area contributed by atoms with Gasteiger partial charge in [0.25, 0.3) is 0 Å². The zero-order chi connectivity index (χ0) is 30.0. The molecule has 5 heteroatoms. The zero-order valence-corrected chi connectivity index (χ0v) is 24.8. The van der Waals surface area contributed by atoms with Gasteiger partial charge in [0.2, 0.25) is 17.3 Å². The number of carbonyl (C=O) groups excluding carboxylic acids is 2.